The zero-order chi connectivity index (χ0) is 20.5. The topological polar surface area (TPSA) is 81.1 Å². The fourth-order valence-corrected chi connectivity index (χ4v) is 3.58. The van der Waals surface area contributed by atoms with Crippen molar-refractivity contribution in [1.82, 2.24) is 14.7 Å². The van der Waals surface area contributed by atoms with Crippen molar-refractivity contribution in [2.45, 2.75) is 39.7 Å². The van der Waals surface area contributed by atoms with Gasteiger partial charge in [0.25, 0.3) is 5.89 Å². The summed E-state index contributed by atoms with van der Waals surface area (Å²) in [6.45, 7) is 6.29. The molecule has 0 aliphatic heterocycles. The monoisotopic (exact) mass is 389 g/mol. The third-order valence-electron chi connectivity index (χ3n) is 5.11. The summed E-state index contributed by atoms with van der Waals surface area (Å²) in [5.41, 5.74) is 4.91. The van der Waals surface area contributed by atoms with Crippen molar-refractivity contribution in [1.29, 1.82) is 0 Å². The van der Waals surface area contributed by atoms with E-state index < -0.39 is 5.97 Å². The highest BCUT2D eigenvalue weighted by Crippen LogP contribution is 2.29. The van der Waals surface area contributed by atoms with Gasteiger partial charge in [-0.05, 0) is 62.6 Å². The first-order valence-corrected chi connectivity index (χ1v) is 9.69. The lowest BCUT2D eigenvalue weighted by Crippen LogP contribution is -1.98. The Bertz CT molecular complexity index is 1190. The van der Waals surface area contributed by atoms with E-state index in [4.69, 9.17) is 9.63 Å². The van der Waals surface area contributed by atoms with Crippen LogP contribution in [0.4, 0.5) is 0 Å². The molecule has 2 heterocycles. The second-order valence-corrected chi connectivity index (χ2v) is 7.56. The lowest BCUT2D eigenvalue weighted by molar-refractivity contribution is -0.136. The highest BCUT2D eigenvalue weighted by molar-refractivity contribution is 5.84. The van der Waals surface area contributed by atoms with Gasteiger partial charge in [0.1, 0.15) is 0 Å². The average Bonchev–Trinajstić information content (AvgIpc) is 3.33. The van der Waals surface area contributed by atoms with E-state index >= 15 is 0 Å². The molecule has 0 aliphatic rings. The maximum atomic E-state index is 10.8. The second kappa shape index (κ2) is 7.54. The van der Waals surface area contributed by atoms with Gasteiger partial charge in [-0.2, -0.15) is 4.98 Å². The van der Waals surface area contributed by atoms with Crippen molar-refractivity contribution in [3.63, 3.8) is 0 Å². The number of hydrogen-bond acceptors (Lipinski definition) is 4. The van der Waals surface area contributed by atoms with Crippen LogP contribution in [0.2, 0.25) is 0 Å². The average molecular weight is 389 g/mol. The zero-order valence-corrected chi connectivity index (χ0v) is 16.7. The number of aryl methyl sites for hydroxylation is 2. The van der Waals surface area contributed by atoms with Crippen LogP contribution in [0.15, 0.2) is 53.2 Å². The van der Waals surface area contributed by atoms with E-state index in [1.54, 1.807) is 0 Å². The summed E-state index contributed by atoms with van der Waals surface area (Å²) in [5.74, 6) is 0.214. The molecule has 0 aliphatic carbocycles. The van der Waals surface area contributed by atoms with E-state index in [0.717, 1.165) is 27.6 Å². The SMILES string of the molecule is Cc1cc(CCC(=O)O)ccc1-c1noc(-c2ccc3c(ccn3C(C)C)c2)n1. The number of benzene rings is 2. The smallest absolute Gasteiger partial charge is 0.303 e. The van der Waals surface area contributed by atoms with Gasteiger partial charge in [-0.1, -0.05) is 23.4 Å². The van der Waals surface area contributed by atoms with Crippen LogP contribution in [-0.4, -0.2) is 25.8 Å². The molecule has 0 fully saturated rings. The van der Waals surface area contributed by atoms with Gasteiger partial charge in [0.05, 0.1) is 0 Å². The van der Waals surface area contributed by atoms with Crippen molar-refractivity contribution in [3.05, 3.63) is 59.8 Å². The van der Waals surface area contributed by atoms with Gasteiger partial charge in [-0.3, -0.25) is 4.79 Å². The van der Waals surface area contributed by atoms with Crippen molar-refractivity contribution in [3.8, 4) is 22.8 Å². The van der Waals surface area contributed by atoms with Crippen LogP contribution in [0, 0.1) is 6.92 Å². The molecule has 29 heavy (non-hydrogen) atoms. The predicted molar refractivity (Wildman–Crippen MR) is 112 cm³/mol. The molecule has 6 nitrogen and oxygen atoms in total. The third kappa shape index (κ3) is 3.78. The summed E-state index contributed by atoms with van der Waals surface area (Å²) >= 11 is 0. The molecule has 0 atom stereocenters. The van der Waals surface area contributed by atoms with E-state index in [2.05, 4.69) is 53.0 Å². The first-order valence-electron chi connectivity index (χ1n) is 9.69. The number of carbonyl (C=O) groups is 1. The van der Waals surface area contributed by atoms with Crippen molar-refractivity contribution in [2.75, 3.05) is 0 Å². The molecule has 4 rings (SSSR count). The molecule has 2 aromatic heterocycles. The van der Waals surface area contributed by atoms with Crippen LogP contribution < -0.4 is 0 Å². The summed E-state index contributed by atoms with van der Waals surface area (Å²) in [5, 5.41) is 14.1. The fourth-order valence-electron chi connectivity index (χ4n) is 3.58. The van der Waals surface area contributed by atoms with Crippen LogP contribution in [-0.2, 0) is 11.2 Å². The van der Waals surface area contributed by atoms with Gasteiger partial charge >= 0.3 is 5.97 Å². The van der Waals surface area contributed by atoms with E-state index in [0.29, 0.717) is 24.2 Å². The molecule has 4 aromatic rings. The number of carboxylic acids is 1. The molecule has 148 valence electrons. The van der Waals surface area contributed by atoms with Crippen molar-refractivity contribution < 1.29 is 14.4 Å². The first-order chi connectivity index (χ1) is 13.9. The van der Waals surface area contributed by atoms with Gasteiger partial charge in [-0.25, -0.2) is 0 Å². The number of fused-ring (bicyclic) bond motifs is 1. The highest BCUT2D eigenvalue weighted by atomic mass is 16.5. The third-order valence-corrected chi connectivity index (χ3v) is 5.11. The molecule has 0 saturated carbocycles. The van der Waals surface area contributed by atoms with E-state index in [1.807, 2.05) is 31.2 Å². The Morgan fingerprint density at radius 3 is 2.72 bits per heavy atom. The number of hydrogen-bond donors (Lipinski definition) is 1. The highest BCUT2D eigenvalue weighted by Gasteiger charge is 2.14. The van der Waals surface area contributed by atoms with Crippen LogP contribution in [0.3, 0.4) is 0 Å². The molecular formula is C23H23N3O3. The van der Waals surface area contributed by atoms with Gasteiger partial charge < -0.3 is 14.2 Å². The minimum absolute atomic E-state index is 0.117. The van der Waals surface area contributed by atoms with Crippen molar-refractivity contribution in [2.24, 2.45) is 0 Å². The van der Waals surface area contributed by atoms with Gasteiger partial charge in [0.15, 0.2) is 0 Å². The van der Waals surface area contributed by atoms with Gasteiger partial charge in [0, 0.05) is 40.7 Å². The molecule has 0 spiro atoms. The minimum atomic E-state index is -0.796. The molecule has 0 radical (unpaired) electrons. The van der Waals surface area contributed by atoms with E-state index in [-0.39, 0.29) is 6.42 Å². The lowest BCUT2D eigenvalue weighted by Gasteiger charge is -2.09. The predicted octanol–water partition coefficient (Wildman–Crippen LogP) is 5.26. The first kappa shape index (κ1) is 18.9. The Kier molecular flexibility index (Phi) is 4.92. The standard InChI is InChI=1S/C23H23N3O3/c1-14(2)26-11-10-17-13-18(6-8-20(17)26)23-24-22(25-29-23)19-7-4-16(12-15(19)3)5-9-21(27)28/h4,6-8,10-14H,5,9H2,1-3H3,(H,27,28). The number of aromatic nitrogens is 3. The molecule has 0 saturated heterocycles. The number of aliphatic carboxylic acids is 1. The van der Waals surface area contributed by atoms with Crippen LogP contribution in [0.25, 0.3) is 33.7 Å². The molecule has 1 N–H and O–H groups in total. The summed E-state index contributed by atoms with van der Waals surface area (Å²) in [6, 6.07) is 14.5. The zero-order valence-electron chi connectivity index (χ0n) is 16.7. The molecule has 0 amide bonds. The maximum Gasteiger partial charge on any atom is 0.303 e. The largest absolute Gasteiger partial charge is 0.481 e. The number of nitrogens with zero attached hydrogens (tertiary/aromatic N) is 3. The van der Waals surface area contributed by atoms with Crippen LogP contribution in [0.5, 0.6) is 0 Å². The molecule has 0 unspecified atom stereocenters. The van der Waals surface area contributed by atoms with E-state index in [1.165, 1.54) is 5.52 Å². The lowest BCUT2D eigenvalue weighted by atomic mass is 10.0. The Hall–Kier alpha value is -3.41. The Labute approximate surface area is 168 Å². The van der Waals surface area contributed by atoms with Crippen LogP contribution in [0.1, 0.15) is 37.4 Å². The van der Waals surface area contributed by atoms with E-state index in [9.17, 15) is 4.79 Å². The van der Waals surface area contributed by atoms with Gasteiger partial charge in [-0.15, -0.1) is 0 Å². The molecule has 0 bridgehead atoms. The minimum Gasteiger partial charge on any atom is -0.481 e. The quantitative estimate of drug-likeness (QED) is 0.486. The molecule has 2 aromatic carbocycles. The maximum absolute atomic E-state index is 10.8. The Balaban J connectivity index is 1.61. The van der Waals surface area contributed by atoms with Gasteiger partial charge in [0.2, 0.25) is 5.82 Å². The second-order valence-electron chi connectivity index (χ2n) is 7.56. The fraction of sp³-hybridized carbons (Fsp3) is 0.261. The molecular weight excluding hydrogens is 366 g/mol. The Morgan fingerprint density at radius 2 is 2.00 bits per heavy atom. The summed E-state index contributed by atoms with van der Waals surface area (Å²) in [4.78, 5) is 15.4. The Morgan fingerprint density at radius 1 is 1.17 bits per heavy atom. The normalized spacial score (nSPS) is 11.4. The van der Waals surface area contributed by atoms with Crippen molar-refractivity contribution >= 4 is 16.9 Å². The molecule has 6 heteroatoms. The number of carboxylic acid groups (broad SMARTS) is 1. The summed E-state index contributed by atoms with van der Waals surface area (Å²) in [7, 11) is 0. The number of rotatable bonds is 6. The summed E-state index contributed by atoms with van der Waals surface area (Å²) < 4.78 is 7.76. The van der Waals surface area contributed by atoms with Crippen LogP contribution >= 0.6 is 0 Å². The summed E-state index contributed by atoms with van der Waals surface area (Å²) in [6.07, 6.45) is 2.71.